The van der Waals surface area contributed by atoms with Gasteiger partial charge in [0.05, 0.1) is 12.4 Å². The van der Waals surface area contributed by atoms with Crippen LogP contribution in [-0.4, -0.2) is 33.1 Å². The van der Waals surface area contributed by atoms with Gasteiger partial charge in [-0.2, -0.15) is 0 Å². The highest BCUT2D eigenvalue weighted by molar-refractivity contribution is 8.00. The number of nitrogens with zero attached hydrogens (tertiary/aromatic N) is 3. The van der Waals surface area contributed by atoms with Crippen LogP contribution in [0.4, 0.5) is 5.69 Å². The van der Waals surface area contributed by atoms with Crippen LogP contribution in [0, 0.1) is 0 Å². The van der Waals surface area contributed by atoms with Crippen LogP contribution in [0.3, 0.4) is 0 Å². The first-order valence-electron chi connectivity index (χ1n) is 8.06. The molecule has 3 N–H and O–H groups in total. The highest BCUT2D eigenvalue weighted by Gasteiger charge is 2.20. The Morgan fingerprint density at radius 3 is 2.48 bits per heavy atom. The van der Waals surface area contributed by atoms with Gasteiger partial charge in [-0.05, 0) is 55.5 Å². The predicted octanol–water partition coefficient (Wildman–Crippen LogP) is 3.44. The number of thioether (sulfide) groups is 1. The molecule has 1 amide bonds. The van der Waals surface area contributed by atoms with E-state index in [9.17, 15) is 4.79 Å². The molecule has 0 aliphatic heterocycles. The smallest absolute Gasteiger partial charge is 0.237 e. The van der Waals surface area contributed by atoms with Gasteiger partial charge < -0.3 is 15.9 Å². The van der Waals surface area contributed by atoms with E-state index in [-0.39, 0.29) is 5.91 Å². The maximum atomic E-state index is 12.4. The lowest BCUT2D eigenvalue weighted by Gasteiger charge is -2.12. The van der Waals surface area contributed by atoms with Crippen LogP contribution < -0.4 is 15.9 Å². The molecule has 9 heteroatoms. The van der Waals surface area contributed by atoms with Gasteiger partial charge in [-0.1, -0.05) is 23.4 Å². The number of amides is 1. The number of hydrogen-bond donors (Lipinski definition) is 2. The first-order valence-corrected chi connectivity index (χ1v) is 9.31. The number of rotatable bonds is 6. The number of carbonyl (C=O) groups is 1. The molecule has 0 aliphatic rings. The minimum Gasteiger partial charge on any atom is -0.497 e. The number of nitrogens with one attached hydrogen (secondary N) is 1. The molecule has 0 saturated heterocycles. The van der Waals surface area contributed by atoms with Crippen molar-refractivity contribution in [2.45, 2.75) is 17.3 Å². The van der Waals surface area contributed by atoms with Crippen molar-refractivity contribution in [3.63, 3.8) is 0 Å². The SMILES string of the molecule is COc1ccc(NC(=O)C(C)Sc2nnc(-c3ccc(Cl)cc3)n2N)cc1. The highest BCUT2D eigenvalue weighted by Crippen LogP contribution is 2.26. The van der Waals surface area contributed by atoms with E-state index < -0.39 is 5.25 Å². The summed E-state index contributed by atoms with van der Waals surface area (Å²) in [5.41, 5.74) is 1.47. The molecule has 0 bridgehead atoms. The number of ether oxygens (including phenoxy) is 1. The zero-order chi connectivity index (χ0) is 19.4. The van der Waals surface area contributed by atoms with E-state index in [0.29, 0.717) is 21.7 Å². The summed E-state index contributed by atoms with van der Waals surface area (Å²) in [6.45, 7) is 1.78. The Morgan fingerprint density at radius 2 is 1.85 bits per heavy atom. The van der Waals surface area contributed by atoms with Crippen molar-refractivity contribution in [3.05, 3.63) is 53.6 Å². The van der Waals surface area contributed by atoms with Crippen molar-refractivity contribution < 1.29 is 9.53 Å². The highest BCUT2D eigenvalue weighted by atomic mass is 35.5. The Labute approximate surface area is 165 Å². The van der Waals surface area contributed by atoms with E-state index in [2.05, 4.69) is 15.5 Å². The number of nitrogens with two attached hydrogens (primary N) is 1. The minimum atomic E-state index is -0.420. The summed E-state index contributed by atoms with van der Waals surface area (Å²) in [6, 6.07) is 14.2. The molecule has 1 heterocycles. The molecule has 0 saturated carbocycles. The molecule has 3 aromatic rings. The Balaban J connectivity index is 1.67. The summed E-state index contributed by atoms with van der Waals surface area (Å²) in [5.74, 6) is 7.15. The predicted molar refractivity (Wildman–Crippen MR) is 108 cm³/mol. The number of aromatic nitrogens is 3. The normalized spacial score (nSPS) is 11.8. The Hall–Kier alpha value is -2.71. The first-order chi connectivity index (χ1) is 13.0. The average molecular weight is 404 g/mol. The van der Waals surface area contributed by atoms with Gasteiger partial charge in [-0.15, -0.1) is 10.2 Å². The third kappa shape index (κ3) is 4.53. The quantitative estimate of drug-likeness (QED) is 0.483. The van der Waals surface area contributed by atoms with Crippen LogP contribution >= 0.6 is 23.4 Å². The number of nitrogen functional groups attached to an aromatic ring is 1. The lowest BCUT2D eigenvalue weighted by molar-refractivity contribution is -0.115. The van der Waals surface area contributed by atoms with Crippen molar-refractivity contribution in [1.82, 2.24) is 14.9 Å². The number of carbonyl (C=O) groups excluding carboxylic acids is 1. The van der Waals surface area contributed by atoms with Crippen molar-refractivity contribution in [1.29, 1.82) is 0 Å². The van der Waals surface area contributed by atoms with Gasteiger partial charge in [0.1, 0.15) is 5.75 Å². The molecule has 0 aliphatic carbocycles. The third-order valence-corrected chi connectivity index (χ3v) is 5.08. The van der Waals surface area contributed by atoms with Gasteiger partial charge in [-0.25, -0.2) is 4.68 Å². The summed E-state index contributed by atoms with van der Waals surface area (Å²) < 4.78 is 6.47. The second-order valence-electron chi connectivity index (χ2n) is 5.66. The van der Waals surface area contributed by atoms with E-state index in [1.165, 1.54) is 16.4 Å². The van der Waals surface area contributed by atoms with Gasteiger partial charge in [0.15, 0.2) is 5.82 Å². The zero-order valence-corrected chi connectivity index (χ0v) is 16.3. The lowest BCUT2D eigenvalue weighted by atomic mass is 10.2. The summed E-state index contributed by atoms with van der Waals surface area (Å²) in [7, 11) is 1.59. The summed E-state index contributed by atoms with van der Waals surface area (Å²) >= 11 is 7.13. The minimum absolute atomic E-state index is 0.166. The second-order valence-corrected chi connectivity index (χ2v) is 7.41. The fraction of sp³-hybridized carbons (Fsp3) is 0.167. The topological polar surface area (TPSA) is 95.1 Å². The van der Waals surface area contributed by atoms with Crippen molar-refractivity contribution >= 4 is 35.0 Å². The molecule has 3 rings (SSSR count). The Kier molecular flexibility index (Phi) is 5.88. The molecule has 27 heavy (non-hydrogen) atoms. The molecule has 1 unspecified atom stereocenters. The fourth-order valence-corrected chi connectivity index (χ4v) is 3.18. The molecule has 0 spiro atoms. The molecule has 1 aromatic heterocycles. The van der Waals surface area contributed by atoms with E-state index in [1.54, 1.807) is 50.4 Å². The van der Waals surface area contributed by atoms with Crippen LogP contribution in [0.15, 0.2) is 53.7 Å². The number of benzene rings is 2. The standard InChI is InChI=1S/C18H18ClN5O2S/c1-11(17(25)21-14-7-9-15(26-2)10-8-14)27-18-23-22-16(24(18)20)12-3-5-13(19)6-4-12/h3-11H,20H2,1-2H3,(H,21,25). The summed E-state index contributed by atoms with van der Waals surface area (Å²) in [6.07, 6.45) is 0. The number of hydrogen-bond acceptors (Lipinski definition) is 6. The third-order valence-electron chi connectivity index (χ3n) is 3.78. The Bertz CT molecular complexity index is 928. The maximum absolute atomic E-state index is 12.4. The molecular formula is C18H18ClN5O2S. The summed E-state index contributed by atoms with van der Waals surface area (Å²) in [4.78, 5) is 12.4. The number of halogens is 1. The van der Waals surface area contributed by atoms with Gasteiger partial charge in [0, 0.05) is 16.3 Å². The van der Waals surface area contributed by atoms with Gasteiger partial charge in [0.2, 0.25) is 11.1 Å². The second kappa shape index (κ2) is 8.32. The van der Waals surface area contributed by atoms with Crippen molar-refractivity contribution in [2.75, 3.05) is 18.3 Å². The van der Waals surface area contributed by atoms with Gasteiger partial charge >= 0.3 is 0 Å². The van der Waals surface area contributed by atoms with Crippen LogP contribution in [0.5, 0.6) is 5.75 Å². The molecular weight excluding hydrogens is 386 g/mol. The van der Waals surface area contributed by atoms with E-state index in [0.717, 1.165) is 11.3 Å². The molecule has 7 nitrogen and oxygen atoms in total. The first kappa shape index (κ1) is 19.1. The maximum Gasteiger partial charge on any atom is 0.237 e. The Morgan fingerprint density at radius 1 is 1.19 bits per heavy atom. The van der Waals surface area contributed by atoms with E-state index in [1.807, 2.05) is 12.1 Å². The van der Waals surface area contributed by atoms with Gasteiger partial charge in [-0.3, -0.25) is 4.79 Å². The molecule has 0 fully saturated rings. The zero-order valence-electron chi connectivity index (χ0n) is 14.7. The largest absolute Gasteiger partial charge is 0.497 e. The number of anilines is 1. The monoisotopic (exact) mass is 403 g/mol. The van der Waals surface area contributed by atoms with Crippen molar-refractivity contribution in [2.24, 2.45) is 0 Å². The van der Waals surface area contributed by atoms with E-state index in [4.69, 9.17) is 22.2 Å². The average Bonchev–Trinajstić information content (AvgIpc) is 3.03. The fourth-order valence-electron chi connectivity index (χ4n) is 2.28. The van der Waals surface area contributed by atoms with E-state index >= 15 is 0 Å². The lowest BCUT2D eigenvalue weighted by Crippen LogP contribution is -2.23. The van der Waals surface area contributed by atoms with Crippen molar-refractivity contribution in [3.8, 4) is 17.1 Å². The molecule has 0 radical (unpaired) electrons. The van der Waals surface area contributed by atoms with Crippen LogP contribution in [0.1, 0.15) is 6.92 Å². The van der Waals surface area contributed by atoms with Crippen LogP contribution in [0.2, 0.25) is 5.02 Å². The number of methoxy groups -OCH3 is 1. The summed E-state index contributed by atoms with van der Waals surface area (Å²) in [5, 5.41) is 11.7. The van der Waals surface area contributed by atoms with Crippen LogP contribution in [-0.2, 0) is 4.79 Å². The molecule has 140 valence electrons. The molecule has 1 atom stereocenters. The van der Waals surface area contributed by atoms with Crippen LogP contribution in [0.25, 0.3) is 11.4 Å². The van der Waals surface area contributed by atoms with Gasteiger partial charge in [0.25, 0.3) is 0 Å². The molecule has 2 aromatic carbocycles.